The molecule has 0 amide bonds. The Morgan fingerprint density at radius 2 is 1.79 bits per heavy atom. The molecule has 0 saturated carbocycles. The molecule has 0 bridgehead atoms. The molecule has 1 aliphatic rings. The third-order valence-electron chi connectivity index (χ3n) is 5.08. The van der Waals surface area contributed by atoms with Crippen LogP contribution in [0.4, 0.5) is 5.69 Å². The first-order valence-corrected chi connectivity index (χ1v) is 10.2. The Labute approximate surface area is 170 Å². The van der Waals surface area contributed by atoms with Gasteiger partial charge < -0.3 is 14.5 Å². The third kappa shape index (κ3) is 4.10. The first kappa shape index (κ1) is 18.7. The lowest BCUT2D eigenvalue weighted by molar-refractivity contribution is -0.924. The summed E-state index contributed by atoms with van der Waals surface area (Å²) in [5, 5.41) is 3.36. The highest BCUT2D eigenvalue weighted by molar-refractivity contribution is 7.71. The smallest absolute Gasteiger partial charge is 0.221 e. The van der Waals surface area contributed by atoms with E-state index >= 15 is 0 Å². The van der Waals surface area contributed by atoms with Crippen LogP contribution in [0.2, 0.25) is 0 Å². The topological polar surface area (TPSA) is 50.5 Å². The zero-order chi connectivity index (χ0) is 19.3. The van der Waals surface area contributed by atoms with Crippen molar-refractivity contribution < 1.29 is 9.64 Å². The predicted octanol–water partition coefficient (Wildman–Crippen LogP) is 2.37. The minimum absolute atomic E-state index is 0.607. The summed E-state index contributed by atoms with van der Waals surface area (Å²) in [6, 6.07) is 18.4. The zero-order valence-electron chi connectivity index (χ0n) is 16.1. The molecule has 0 spiro atoms. The number of hydrogen-bond acceptors (Lipinski definition) is 4. The Morgan fingerprint density at radius 3 is 2.54 bits per heavy atom. The molecular formula is C21H26N5OS+. The normalized spacial score (nSPS) is 15.0. The van der Waals surface area contributed by atoms with Gasteiger partial charge in [-0.1, -0.05) is 42.5 Å². The minimum atomic E-state index is 0.607. The number of piperazine rings is 1. The van der Waals surface area contributed by atoms with E-state index in [1.807, 2.05) is 54.1 Å². The molecule has 2 N–H and O–H groups in total. The maximum Gasteiger partial charge on any atom is 0.221 e. The van der Waals surface area contributed by atoms with Crippen LogP contribution in [-0.4, -0.2) is 47.6 Å². The monoisotopic (exact) mass is 396 g/mol. The van der Waals surface area contributed by atoms with Gasteiger partial charge in [-0.15, -0.1) is 0 Å². The summed E-state index contributed by atoms with van der Waals surface area (Å²) >= 11 is 5.47. The molecule has 3 aromatic rings. The van der Waals surface area contributed by atoms with Crippen molar-refractivity contribution in [3.05, 3.63) is 59.4 Å². The highest BCUT2D eigenvalue weighted by Gasteiger charge is 2.23. The van der Waals surface area contributed by atoms with Gasteiger partial charge in [0.2, 0.25) is 4.77 Å². The standard InChI is InChI=1S/C21H25N5OS/c1-2-27-19-11-7-6-10-18(19)25-14-12-24(13-15-25)16-26-21(28)22-20(23-26)17-8-4-3-5-9-17/h3-11H,2,12-16H2,1H3,(H,22,23,28)/p+1. The summed E-state index contributed by atoms with van der Waals surface area (Å²) < 4.78 is 8.38. The number of quaternary nitrogens is 1. The van der Waals surface area contributed by atoms with Crippen LogP contribution in [0.3, 0.4) is 0 Å². The van der Waals surface area contributed by atoms with Crippen molar-refractivity contribution in [3.8, 4) is 17.1 Å². The molecule has 1 saturated heterocycles. The Balaban J connectivity index is 1.40. The van der Waals surface area contributed by atoms with Crippen molar-refractivity contribution >= 4 is 17.9 Å². The van der Waals surface area contributed by atoms with Gasteiger partial charge in [-0.05, 0) is 31.3 Å². The second-order valence-corrected chi connectivity index (χ2v) is 7.31. The number of H-pyrrole nitrogens is 1. The molecule has 2 heterocycles. The number of nitrogens with zero attached hydrogens (tertiary/aromatic N) is 3. The lowest BCUT2D eigenvalue weighted by atomic mass is 10.2. The van der Waals surface area contributed by atoms with Gasteiger partial charge in [0, 0.05) is 5.56 Å². The van der Waals surface area contributed by atoms with Crippen LogP contribution in [0, 0.1) is 4.77 Å². The average Bonchev–Trinajstić information content (AvgIpc) is 3.10. The van der Waals surface area contributed by atoms with Crippen LogP contribution in [0.15, 0.2) is 54.6 Å². The average molecular weight is 397 g/mol. The summed E-state index contributed by atoms with van der Waals surface area (Å²) in [4.78, 5) is 8.43. The number of ether oxygens (including phenoxy) is 1. The van der Waals surface area contributed by atoms with Gasteiger partial charge in [-0.3, -0.25) is 5.10 Å². The largest absolute Gasteiger partial charge is 0.492 e. The fourth-order valence-corrected chi connectivity index (χ4v) is 3.83. The number of aromatic nitrogens is 3. The van der Waals surface area contributed by atoms with E-state index in [0.717, 1.165) is 50.0 Å². The second-order valence-electron chi connectivity index (χ2n) is 6.94. The SMILES string of the molecule is CCOc1ccccc1N1CC[NH+](Cn2[nH]c(-c3ccccc3)nc2=S)CC1. The molecule has 0 aliphatic carbocycles. The van der Waals surface area contributed by atoms with Crippen molar-refractivity contribution in [2.24, 2.45) is 0 Å². The van der Waals surface area contributed by atoms with Crippen molar-refractivity contribution in [2.45, 2.75) is 13.6 Å². The highest BCUT2D eigenvalue weighted by atomic mass is 32.1. The van der Waals surface area contributed by atoms with E-state index in [1.54, 1.807) is 0 Å². The van der Waals surface area contributed by atoms with Gasteiger partial charge in [0.1, 0.15) is 5.75 Å². The number of nitrogens with one attached hydrogen (secondary N) is 2. The van der Waals surface area contributed by atoms with E-state index in [1.165, 1.54) is 10.6 Å². The van der Waals surface area contributed by atoms with Gasteiger partial charge >= 0.3 is 0 Å². The number of para-hydroxylation sites is 2. The fraction of sp³-hybridized carbons (Fsp3) is 0.333. The Kier molecular flexibility index (Phi) is 5.73. The van der Waals surface area contributed by atoms with E-state index in [2.05, 4.69) is 27.1 Å². The molecule has 1 fully saturated rings. The third-order valence-corrected chi connectivity index (χ3v) is 5.40. The number of anilines is 1. The van der Waals surface area contributed by atoms with Crippen molar-refractivity contribution in [1.29, 1.82) is 0 Å². The Morgan fingerprint density at radius 1 is 1.07 bits per heavy atom. The first-order valence-electron chi connectivity index (χ1n) is 9.77. The molecule has 28 heavy (non-hydrogen) atoms. The molecule has 1 aromatic heterocycles. The maximum atomic E-state index is 5.79. The van der Waals surface area contributed by atoms with Crippen molar-refractivity contribution in [3.63, 3.8) is 0 Å². The van der Waals surface area contributed by atoms with Gasteiger partial charge in [-0.2, -0.15) is 4.98 Å². The van der Waals surface area contributed by atoms with Crippen LogP contribution in [0.25, 0.3) is 11.4 Å². The van der Waals surface area contributed by atoms with Crippen molar-refractivity contribution in [2.75, 3.05) is 37.7 Å². The van der Waals surface area contributed by atoms with Crippen LogP contribution in [0.1, 0.15) is 6.92 Å². The Bertz CT molecular complexity index is 960. The molecule has 146 valence electrons. The van der Waals surface area contributed by atoms with Gasteiger partial charge in [0.05, 0.1) is 38.5 Å². The van der Waals surface area contributed by atoms with E-state index in [0.29, 0.717) is 11.4 Å². The minimum Gasteiger partial charge on any atom is -0.492 e. The van der Waals surface area contributed by atoms with Gasteiger partial charge in [-0.25, -0.2) is 4.68 Å². The first-order chi connectivity index (χ1) is 13.7. The highest BCUT2D eigenvalue weighted by Crippen LogP contribution is 2.27. The number of aromatic amines is 1. The lowest BCUT2D eigenvalue weighted by Crippen LogP contribution is -3.14. The molecule has 0 atom stereocenters. The molecule has 0 radical (unpaired) electrons. The van der Waals surface area contributed by atoms with Crippen molar-refractivity contribution in [1.82, 2.24) is 14.8 Å². The summed E-state index contributed by atoms with van der Waals surface area (Å²) in [6.07, 6.45) is 0. The molecule has 4 rings (SSSR count). The van der Waals surface area contributed by atoms with Crippen LogP contribution >= 0.6 is 12.2 Å². The van der Waals surface area contributed by atoms with E-state index in [-0.39, 0.29) is 0 Å². The summed E-state index contributed by atoms with van der Waals surface area (Å²) in [6.45, 7) is 7.59. The molecular weight excluding hydrogens is 370 g/mol. The fourth-order valence-electron chi connectivity index (χ4n) is 3.63. The van der Waals surface area contributed by atoms with E-state index < -0.39 is 0 Å². The molecule has 2 aromatic carbocycles. The number of rotatable bonds is 6. The molecule has 0 unspecified atom stereocenters. The summed E-state index contributed by atoms with van der Waals surface area (Å²) in [5.74, 6) is 1.80. The molecule has 1 aliphatic heterocycles. The maximum absolute atomic E-state index is 5.79. The zero-order valence-corrected chi connectivity index (χ0v) is 16.9. The Hall–Kier alpha value is -2.64. The van der Waals surface area contributed by atoms with E-state index in [4.69, 9.17) is 17.0 Å². The van der Waals surface area contributed by atoms with Crippen LogP contribution in [-0.2, 0) is 6.67 Å². The summed E-state index contributed by atoms with van der Waals surface area (Å²) in [5.41, 5.74) is 2.24. The quantitative estimate of drug-likeness (QED) is 0.628. The number of hydrogen-bond donors (Lipinski definition) is 2. The lowest BCUT2D eigenvalue weighted by Gasteiger charge is -2.34. The van der Waals surface area contributed by atoms with Crippen LogP contribution < -0.4 is 14.5 Å². The number of benzene rings is 2. The van der Waals surface area contributed by atoms with Gasteiger partial charge in [0.25, 0.3) is 0 Å². The summed E-state index contributed by atoms with van der Waals surface area (Å²) in [7, 11) is 0. The second kappa shape index (κ2) is 8.58. The molecule has 7 heteroatoms. The molecule has 6 nitrogen and oxygen atoms in total. The van der Waals surface area contributed by atoms with Crippen LogP contribution in [0.5, 0.6) is 5.75 Å². The predicted molar refractivity (Wildman–Crippen MR) is 113 cm³/mol. The van der Waals surface area contributed by atoms with Gasteiger partial charge in [0.15, 0.2) is 12.5 Å². The van der Waals surface area contributed by atoms with E-state index in [9.17, 15) is 0 Å².